The average Bonchev–Trinajstić information content (AvgIpc) is 3.31. The van der Waals surface area contributed by atoms with E-state index in [1.807, 2.05) is 48.7 Å². The van der Waals surface area contributed by atoms with Gasteiger partial charge in [-0.1, -0.05) is 23.7 Å². The summed E-state index contributed by atoms with van der Waals surface area (Å²) >= 11 is 7.32. The number of hydrogen-bond donors (Lipinski definition) is 0. The van der Waals surface area contributed by atoms with Gasteiger partial charge in [0.05, 0.1) is 12.7 Å². The molecule has 0 aliphatic rings. The molecule has 0 saturated heterocycles. The summed E-state index contributed by atoms with van der Waals surface area (Å²) in [5.74, 6) is 0.642. The van der Waals surface area contributed by atoms with Crippen LogP contribution in [0.4, 0.5) is 0 Å². The summed E-state index contributed by atoms with van der Waals surface area (Å²) in [7, 11) is 1.62. The molecular formula is C20H15ClN2O2S. The predicted octanol–water partition coefficient (Wildman–Crippen LogP) is 5.04. The molecule has 0 N–H and O–H groups in total. The van der Waals surface area contributed by atoms with Crippen LogP contribution in [0.2, 0.25) is 5.02 Å². The zero-order valence-corrected chi connectivity index (χ0v) is 15.6. The molecule has 130 valence electrons. The molecular weight excluding hydrogens is 368 g/mol. The summed E-state index contributed by atoms with van der Waals surface area (Å²) in [5.41, 5.74) is 2.71. The minimum absolute atomic E-state index is 0.0758. The topological polar surface area (TPSA) is 44.1 Å². The van der Waals surface area contributed by atoms with Gasteiger partial charge in [0.25, 0.3) is 0 Å². The van der Waals surface area contributed by atoms with Crippen LogP contribution in [0.5, 0.6) is 5.75 Å². The van der Waals surface area contributed by atoms with Gasteiger partial charge >= 0.3 is 0 Å². The Kier molecular flexibility index (Phi) is 4.49. The molecule has 0 spiro atoms. The van der Waals surface area contributed by atoms with E-state index in [9.17, 15) is 4.79 Å². The molecule has 0 unspecified atom stereocenters. The Bertz CT molecular complexity index is 1070. The average molecular weight is 383 g/mol. The number of hydrogen-bond acceptors (Lipinski definition) is 4. The van der Waals surface area contributed by atoms with E-state index < -0.39 is 0 Å². The molecule has 0 aliphatic carbocycles. The first-order valence-corrected chi connectivity index (χ1v) is 9.27. The summed E-state index contributed by atoms with van der Waals surface area (Å²) in [6.45, 7) is 0.644. The second kappa shape index (κ2) is 6.94. The Balaban J connectivity index is 1.83. The number of benzene rings is 2. The SMILES string of the molecule is COc1ccc2c(c1)c(C(=O)c1nccs1)cn2Cc1ccc(Cl)cc1. The maximum Gasteiger partial charge on any atom is 0.223 e. The van der Waals surface area contributed by atoms with Crippen LogP contribution in [-0.2, 0) is 6.54 Å². The lowest BCUT2D eigenvalue weighted by molar-refractivity contribution is 0.103. The van der Waals surface area contributed by atoms with Crippen molar-refractivity contribution in [1.29, 1.82) is 0 Å². The Labute approximate surface area is 159 Å². The Morgan fingerprint density at radius 3 is 2.73 bits per heavy atom. The van der Waals surface area contributed by atoms with Crippen LogP contribution < -0.4 is 4.74 Å². The van der Waals surface area contributed by atoms with Gasteiger partial charge in [0.2, 0.25) is 5.78 Å². The first-order chi connectivity index (χ1) is 12.7. The molecule has 4 nitrogen and oxygen atoms in total. The van der Waals surface area contributed by atoms with Crippen molar-refractivity contribution >= 4 is 39.6 Å². The predicted molar refractivity (Wildman–Crippen MR) is 105 cm³/mol. The number of nitrogens with zero attached hydrogens (tertiary/aromatic N) is 2. The Hall–Kier alpha value is -2.63. The van der Waals surface area contributed by atoms with Crippen LogP contribution >= 0.6 is 22.9 Å². The molecule has 0 bridgehead atoms. The number of carbonyl (C=O) groups is 1. The van der Waals surface area contributed by atoms with E-state index in [-0.39, 0.29) is 5.78 Å². The number of halogens is 1. The first-order valence-electron chi connectivity index (χ1n) is 8.01. The van der Waals surface area contributed by atoms with Gasteiger partial charge in [-0.3, -0.25) is 4.79 Å². The maximum absolute atomic E-state index is 12.9. The van der Waals surface area contributed by atoms with E-state index in [1.165, 1.54) is 11.3 Å². The molecule has 2 aromatic heterocycles. The van der Waals surface area contributed by atoms with Gasteiger partial charge < -0.3 is 9.30 Å². The highest BCUT2D eigenvalue weighted by Gasteiger charge is 2.19. The lowest BCUT2D eigenvalue weighted by Crippen LogP contribution is -2.00. The number of rotatable bonds is 5. The highest BCUT2D eigenvalue weighted by molar-refractivity contribution is 7.11. The van der Waals surface area contributed by atoms with Crippen LogP contribution in [-0.4, -0.2) is 22.4 Å². The highest BCUT2D eigenvalue weighted by atomic mass is 35.5. The largest absolute Gasteiger partial charge is 0.497 e. The molecule has 0 radical (unpaired) electrons. The molecule has 0 atom stereocenters. The molecule has 0 saturated carbocycles. The third kappa shape index (κ3) is 3.11. The molecule has 6 heteroatoms. The number of ether oxygens (including phenoxy) is 1. The normalized spacial score (nSPS) is 11.0. The molecule has 0 aliphatic heterocycles. The van der Waals surface area contributed by atoms with Crippen molar-refractivity contribution < 1.29 is 9.53 Å². The molecule has 4 rings (SSSR count). The van der Waals surface area contributed by atoms with E-state index >= 15 is 0 Å². The number of methoxy groups -OCH3 is 1. The van der Waals surface area contributed by atoms with E-state index in [0.717, 1.165) is 22.2 Å². The van der Waals surface area contributed by atoms with E-state index in [0.29, 0.717) is 22.1 Å². The Morgan fingerprint density at radius 2 is 2.04 bits per heavy atom. The second-order valence-electron chi connectivity index (χ2n) is 5.85. The van der Waals surface area contributed by atoms with Crippen LogP contribution in [0.25, 0.3) is 10.9 Å². The second-order valence-corrected chi connectivity index (χ2v) is 7.18. The summed E-state index contributed by atoms with van der Waals surface area (Å²) in [6.07, 6.45) is 3.54. The molecule has 2 aromatic carbocycles. The number of thiazole rings is 1. The van der Waals surface area contributed by atoms with Gasteiger partial charge in [-0.15, -0.1) is 11.3 Å². The third-order valence-corrected chi connectivity index (χ3v) is 5.25. The zero-order chi connectivity index (χ0) is 18.1. The Morgan fingerprint density at radius 1 is 1.23 bits per heavy atom. The van der Waals surface area contributed by atoms with Crippen molar-refractivity contribution in [3.63, 3.8) is 0 Å². The highest BCUT2D eigenvalue weighted by Crippen LogP contribution is 2.29. The van der Waals surface area contributed by atoms with Crippen molar-refractivity contribution in [2.45, 2.75) is 6.54 Å². The lowest BCUT2D eigenvalue weighted by Gasteiger charge is -2.06. The van der Waals surface area contributed by atoms with Gasteiger partial charge in [-0.25, -0.2) is 4.98 Å². The van der Waals surface area contributed by atoms with Crippen molar-refractivity contribution in [2.75, 3.05) is 7.11 Å². The van der Waals surface area contributed by atoms with Gasteiger partial charge in [0.1, 0.15) is 5.75 Å². The van der Waals surface area contributed by atoms with Gasteiger partial charge in [0.15, 0.2) is 5.01 Å². The van der Waals surface area contributed by atoms with Crippen molar-refractivity contribution in [1.82, 2.24) is 9.55 Å². The quantitative estimate of drug-likeness (QED) is 0.454. The summed E-state index contributed by atoms with van der Waals surface area (Å²) in [4.78, 5) is 17.1. The van der Waals surface area contributed by atoms with Crippen LogP contribution in [0, 0.1) is 0 Å². The van der Waals surface area contributed by atoms with Crippen molar-refractivity contribution in [3.8, 4) is 5.75 Å². The molecule has 2 heterocycles. The number of fused-ring (bicyclic) bond motifs is 1. The maximum atomic E-state index is 12.9. The number of carbonyl (C=O) groups excluding carboxylic acids is 1. The molecule has 0 amide bonds. The fourth-order valence-corrected chi connectivity index (χ4v) is 3.67. The smallest absolute Gasteiger partial charge is 0.223 e. The number of ketones is 1. The van der Waals surface area contributed by atoms with Gasteiger partial charge in [0, 0.05) is 40.2 Å². The van der Waals surface area contributed by atoms with Crippen molar-refractivity contribution in [2.24, 2.45) is 0 Å². The van der Waals surface area contributed by atoms with Gasteiger partial charge in [-0.2, -0.15) is 0 Å². The van der Waals surface area contributed by atoms with Gasteiger partial charge in [-0.05, 0) is 35.9 Å². The fraction of sp³-hybridized carbons (Fsp3) is 0.100. The molecule has 26 heavy (non-hydrogen) atoms. The van der Waals surface area contributed by atoms with Crippen LogP contribution in [0.3, 0.4) is 0 Å². The minimum Gasteiger partial charge on any atom is -0.497 e. The van der Waals surface area contributed by atoms with Crippen LogP contribution in [0.15, 0.2) is 60.2 Å². The number of aromatic nitrogens is 2. The summed E-state index contributed by atoms with van der Waals surface area (Å²) in [6, 6.07) is 13.5. The molecule has 4 aromatic rings. The molecule has 0 fully saturated rings. The standard InChI is InChI=1S/C20H15ClN2O2S/c1-25-15-6-7-18-16(10-15)17(19(24)20-22-8-9-26-20)12-23(18)11-13-2-4-14(21)5-3-13/h2-10,12H,11H2,1H3. The zero-order valence-electron chi connectivity index (χ0n) is 14.0. The summed E-state index contributed by atoms with van der Waals surface area (Å²) < 4.78 is 7.41. The monoisotopic (exact) mass is 382 g/mol. The fourth-order valence-electron chi connectivity index (χ4n) is 2.95. The lowest BCUT2D eigenvalue weighted by atomic mass is 10.1. The first kappa shape index (κ1) is 16.8. The van der Waals surface area contributed by atoms with Crippen molar-refractivity contribution in [3.05, 3.63) is 81.4 Å². The van der Waals surface area contributed by atoms with E-state index in [1.54, 1.807) is 18.7 Å². The minimum atomic E-state index is -0.0758. The summed E-state index contributed by atoms with van der Waals surface area (Å²) in [5, 5.41) is 3.85. The third-order valence-electron chi connectivity index (χ3n) is 4.23. The van der Waals surface area contributed by atoms with Crippen LogP contribution in [0.1, 0.15) is 20.9 Å². The van der Waals surface area contributed by atoms with E-state index in [4.69, 9.17) is 16.3 Å². The van der Waals surface area contributed by atoms with E-state index in [2.05, 4.69) is 9.55 Å².